The second-order valence-corrected chi connectivity index (χ2v) is 8.08. The summed E-state index contributed by atoms with van der Waals surface area (Å²) in [5.41, 5.74) is 2.04. The number of amides is 1. The van der Waals surface area contributed by atoms with Gasteiger partial charge in [-0.2, -0.15) is 5.26 Å². The Kier molecular flexibility index (Phi) is 7.93. The fraction of sp³-hybridized carbons (Fsp3) is 0.0833. The smallest absolute Gasteiger partial charge is 0.266 e. The van der Waals surface area contributed by atoms with Crippen LogP contribution < -0.4 is 14.8 Å². The van der Waals surface area contributed by atoms with Crippen molar-refractivity contribution in [3.05, 3.63) is 92.0 Å². The van der Waals surface area contributed by atoms with Crippen LogP contribution in [0, 0.1) is 14.9 Å². The molecule has 1 N–H and O–H groups in total. The van der Waals surface area contributed by atoms with Crippen LogP contribution in [-0.4, -0.2) is 13.0 Å². The predicted molar refractivity (Wildman–Crippen MR) is 130 cm³/mol. The molecule has 0 aliphatic carbocycles. The zero-order chi connectivity index (χ0) is 22.2. The summed E-state index contributed by atoms with van der Waals surface area (Å²) in [6, 6.07) is 22.0. The lowest BCUT2D eigenvalue weighted by Crippen LogP contribution is -2.13. The van der Waals surface area contributed by atoms with Gasteiger partial charge in [-0.05, 0) is 76.2 Å². The molecule has 156 valence electrons. The molecular weight excluding hydrogens is 527 g/mol. The van der Waals surface area contributed by atoms with Crippen molar-refractivity contribution in [2.75, 3.05) is 12.4 Å². The SMILES string of the molecule is COc1cc(/C=C(/C#N)C(=O)Nc2ccccc2Cl)ccc1OCc1ccc(I)cc1. The molecular formula is C24H18ClIN2O3. The second-order valence-electron chi connectivity index (χ2n) is 6.43. The maximum Gasteiger partial charge on any atom is 0.266 e. The van der Waals surface area contributed by atoms with E-state index < -0.39 is 5.91 Å². The third-order valence-corrected chi connectivity index (χ3v) is 5.34. The van der Waals surface area contributed by atoms with Gasteiger partial charge in [-0.1, -0.05) is 41.9 Å². The van der Waals surface area contributed by atoms with E-state index >= 15 is 0 Å². The van der Waals surface area contributed by atoms with Crippen molar-refractivity contribution in [2.24, 2.45) is 0 Å². The van der Waals surface area contributed by atoms with Crippen LogP contribution in [0.1, 0.15) is 11.1 Å². The average Bonchev–Trinajstić information content (AvgIpc) is 2.78. The van der Waals surface area contributed by atoms with Gasteiger partial charge < -0.3 is 14.8 Å². The van der Waals surface area contributed by atoms with E-state index in [2.05, 4.69) is 27.9 Å². The van der Waals surface area contributed by atoms with Gasteiger partial charge in [0.15, 0.2) is 11.5 Å². The number of nitrogens with zero attached hydrogens (tertiary/aromatic N) is 1. The zero-order valence-electron chi connectivity index (χ0n) is 16.6. The number of nitrogens with one attached hydrogen (secondary N) is 1. The van der Waals surface area contributed by atoms with Crippen molar-refractivity contribution in [3.8, 4) is 17.6 Å². The molecule has 0 saturated carbocycles. The number of rotatable bonds is 7. The van der Waals surface area contributed by atoms with Gasteiger partial charge in [0.05, 0.1) is 17.8 Å². The van der Waals surface area contributed by atoms with Crippen LogP contribution in [0.4, 0.5) is 5.69 Å². The summed E-state index contributed by atoms with van der Waals surface area (Å²) in [5, 5.41) is 12.5. The van der Waals surface area contributed by atoms with E-state index in [0.29, 0.717) is 34.4 Å². The number of ether oxygens (including phenoxy) is 2. The topological polar surface area (TPSA) is 71.3 Å². The third-order valence-electron chi connectivity index (χ3n) is 4.29. The molecule has 0 radical (unpaired) electrons. The number of anilines is 1. The molecule has 5 nitrogen and oxygen atoms in total. The van der Waals surface area contributed by atoms with E-state index in [1.54, 1.807) is 42.5 Å². The first kappa shape index (κ1) is 22.7. The summed E-state index contributed by atoms with van der Waals surface area (Å²) in [5.74, 6) is 0.522. The number of benzene rings is 3. The van der Waals surface area contributed by atoms with Crippen LogP contribution in [0.5, 0.6) is 11.5 Å². The van der Waals surface area contributed by atoms with E-state index in [-0.39, 0.29) is 5.57 Å². The van der Waals surface area contributed by atoms with Gasteiger partial charge in [0, 0.05) is 3.57 Å². The molecule has 0 aromatic heterocycles. The third kappa shape index (κ3) is 6.23. The Hall–Kier alpha value is -3.02. The highest BCUT2D eigenvalue weighted by Gasteiger charge is 2.12. The quantitative estimate of drug-likeness (QED) is 0.222. The molecule has 3 rings (SSSR count). The van der Waals surface area contributed by atoms with Crippen LogP contribution in [0.25, 0.3) is 6.08 Å². The first-order valence-corrected chi connectivity index (χ1v) is 10.7. The Morgan fingerprint density at radius 2 is 1.87 bits per heavy atom. The van der Waals surface area contributed by atoms with E-state index in [1.807, 2.05) is 30.3 Å². The summed E-state index contributed by atoms with van der Waals surface area (Å²) < 4.78 is 12.5. The number of methoxy groups -OCH3 is 1. The number of nitriles is 1. The van der Waals surface area contributed by atoms with Gasteiger partial charge in [-0.3, -0.25) is 4.79 Å². The van der Waals surface area contributed by atoms with Gasteiger partial charge in [0.25, 0.3) is 5.91 Å². The molecule has 0 heterocycles. The maximum absolute atomic E-state index is 12.5. The number of halogens is 2. The van der Waals surface area contributed by atoms with Crippen LogP contribution in [0.15, 0.2) is 72.3 Å². The monoisotopic (exact) mass is 544 g/mol. The number of hydrogen-bond donors (Lipinski definition) is 1. The van der Waals surface area contributed by atoms with Gasteiger partial charge in [0.1, 0.15) is 18.2 Å². The molecule has 7 heteroatoms. The highest BCUT2D eigenvalue weighted by Crippen LogP contribution is 2.30. The number of carbonyl (C=O) groups is 1. The molecule has 31 heavy (non-hydrogen) atoms. The molecule has 0 fully saturated rings. The molecule has 3 aromatic rings. The van der Waals surface area contributed by atoms with E-state index in [0.717, 1.165) is 9.13 Å². The lowest BCUT2D eigenvalue weighted by molar-refractivity contribution is -0.112. The minimum atomic E-state index is -0.548. The van der Waals surface area contributed by atoms with Crippen molar-refractivity contribution >= 4 is 51.9 Å². The van der Waals surface area contributed by atoms with Gasteiger partial charge in [-0.25, -0.2) is 0 Å². The number of carbonyl (C=O) groups excluding carboxylic acids is 1. The van der Waals surface area contributed by atoms with Crippen molar-refractivity contribution in [1.82, 2.24) is 0 Å². The lowest BCUT2D eigenvalue weighted by Gasteiger charge is -2.12. The number of hydrogen-bond acceptors (Lipinski definition) is 4. The lowest BCUT2D eigenvalue weighted by atomic mass is 10.1. The minimum absolute atomic E-state index is 0.0606. The summed E-state index contributed by atoms with van der Waals surface area (Å²) in [6.45, 7) is 0.395. The Bertz CT molecular complexity index is 1150. The van der Waals surface area contributed by atoms with Gasteiger partial charge in [0.2, 0.25) is 0 Å². The molecule has 0 aliphatic rings. The normalized spacial score (nSPS) is 10.8. The molecule has 0 aliphatic heterocycles. The summed E-state index contributed by atoms with van der Waals surface area (Å²) in [7, 11) is 1.54. The van der Waals surface area contributed by atoms with Crippen molar-refractivity contribution < 1.29 is 14.3 Å². The Labute approximate surface area is 199 Å². The first-order chi connectivity index (χ1) is 15.0. The van der Waals surface area contributed by atoms with E-state index in [9.17, 15) is 10.1 Å². The van der Waals surface area contributed by atoms with E-state index in [1.165, 1.54) is 13.2 Å². The molecule has 0 spiro atoms. The molecule has 1 amide bonds. The van der Waals surface area contributed by atoms with Gasteiger partial charge in [-0.15, -0.1) is 0 Å². The standard InChI is InChI=1S/C24H18ClIN2O3/c1-30-23-13-17(8-11-22(23)31-15-16-6-9-19(26)10-7-16)12-18(14-27)24(29)28-21-5-3-2-4-20(21)25/h2-13H,15H2,1H3,(H,28,29)/b18-12-. The fourth-order valence-electron chi connectivity index (χ4n) is 2.70. The Balaban J connectivity index is 1.75. The summed E-state index contributed by atoms with van der Waals surface area (Å²) in [4.78, 5) is 12.5. The van der Waals surface area contributed by atoms with Crippen LogP contribution >= 0.6 is 34.2 Å². The predicted octanol–water partition coefficient (Wildman–Crippen LogP) is 6.08. The fourth-order valence-corrected chi connectivity index (χ4v) is 3.24. The molecule has 0 bridgehead atoms. The highest BCUT2D eigenvalue weighted by molar-refractivity contribution is 14.1. The van der Waals surface area contributed by atoms with Crippen LogP contribution in [-0.2, 0) is 11.4 Å². The average molecular weight is 545 g/mol. The maximum atomic E-state index is 12.5. The van der Waals surface area contributed by atoms with Crippen molar-refractivity contribution in [1.29, 1.82) is 5.26 Å². The zero-order valence-corrected chi connectivity index (χ0v) is 19.5. The Morgan fingerprint density at radius 3 is 2.55 bits per heavy atom. The second kappa shape index (κ2) is 10.8. The molecule has 3 aromatic carbocycles. The first-order valence-electron chi connectivity index (χ1n) is 9.23. The van der Waals surface area contributed by atoms with Crippen LogP contribution in [0.2, 0.25) is 5.02 Å². The van der Waals surface area contributed by atoms with E-state index in [4.69, 9.17) is 21.1 Å². The summed E-state index contributed by atoms with van der Waals surface area (Å²) in [6.07, 6.45) is 1.48. The Morgan fingerprint density at radius 1 is 1.13 bits per heavy atom. The molecule has 0 saturated heterocycles. The van der Waals surface area contributed by atoms with Crippen molar-refractivity contribution in [3.63, 3.8) is 0 Å². The van der Waals surface area contributed by atoms with Crippen LogP contribution in [0.3, 0.4) is 0 Å². The summed E-state index contributed by atoms with van der Waals surface area (Å²) >= 11 is 8.32. The van der Waals surface area contributed by atoms with Crippen molar-refractivity contribution in [2.45, 2.75) is 6.61 Å². The highest BCUT2D eigenvalue weighted by atomic mass is 127. The molecule has 0 unspecified atom stereocenters. The van der Waals surface area contributed by atoms with Gasteiger partial charge >= 0.3 is 0 Å². The molecule has 0 atom stereocenters. The number of para-hydroxylation sites is 1. The largest absolute Gasteiger partial charge is 0.493 e. The minimum Gasteiger partial charge on any atom is -0.493 e.